The van der Waals surface area contributed by atoms with E-state index >= 15 is 0 Å². The molecule has 1 unspecified atom stereocenters. The summed E-state index contributed by atoms with van der Waals surface area (Å²) < 4.78 is 0. The quantitative estimate of drug-likeness (QED) is 0.903. The van der Waals surface area contributed by atoms with Crippen molar-refractivity contribution >= 4 is 23.2 Å². The van der Waals surface area contributed by atoms with Crippen molar-refractivity contribution in [3.8, 4) is 0 Å². The smallest absolute Gasteiger partial charge is 0.0917 e. The van der Waals surface area contributed by atoms with Gasteiger partial charge in [-0.3, -0.25) is 0 Å². The van der Waals surface area contributed by atoms with Gasteiger partial charge in [-0.1, -0.05) is 50.2 Å². The number of benzene rings is 2. The molecule has 2 aromatic rings. The summed E-state index contributed by atoms with van der Waals surface area (Å²) in [5, 5.41) is 12.7. The second-order valence-electron chi connectivity index (χ2n) is 4.61. The number of fused-ring (bicyclic) bond motifs is 1. The highest BCUT2D eigenvalue weighted by atomic mass is 35.5. The van der Waals surface area contributed by atoms with Gasteiger partial charge in [0.15, 0.2) is 0 Å². The first-order valence-electron chi connectivity index (χ1n) is 6.63. The minimum Gasteiger partial charge on any atom is -0.387 e. The number of hydrogen-bond acceptors (Lipinski definition) is 2. The molecule has 0 amide bonds. The second-order valence-corrected chi connectivity index (χ2v) is 4.61. The molecule has 0 aliphatic carbocycles. The molecule has 0 radical (unpaired) electrons. The van der Waals surface area contributed by atoms with Crippen LogP contribution in [0.2, 0.25) is 0 Å². The first kappa shape index (κ1) is 16.0. The van der Waals surface area contributed by atoms with E-state index in [-0.39, 0.29) is 12.4 Å². The van der Waals surface area contributed by atoms with E-state index in [2.05, 4.69) is 43.0 Å². The van der Waals surface area contributed by atoms with Gasteiger partial charge in [0, 0.05) is 6.54 Å². The fourth-order valence-corrected chi connectivity index (χ4v) is 2.25. The lowest BCUT2D eigenvalue weighted by molar-refractivity contribution is 0.119. The van der Waals surface area contributed by atoms with Crippen molar-refractivity contribution in [1.82, 2.24) is 4.90 Å². The van der Waals surface area contributed by atoms with Gasteiger partial charge in [0.25, 0.3) is 0 Å². The summed E-state index contributed by atoms with van der Waals surface area (Å²) in [5.74, 6) is 0. The van der Waals surface area contributed by atoms with Crippen molar-refractivity contribution in [2.24, 2.45) is 0 Å². The molecule has 2 nitrogen and oxygen atoms in total. The van der Waals surface area contributed by atoms with Gasteiger partial charge >= 0.3 is 0 Å². The number of nitrogens with zero attached hydrogens (tertiary/aromatic N) is 1. The van der Waals surface area contributed by atoms with Crippen LogP contribution in [0.5, 0.6) is 0 Å². The van der Waals surface area contributed by atoms with Gasteiger partial charge in [-0.15, -0.1) is 12.4 Å². The molecule has 0 saturated heterocycles. The Labute approximate surface area is 121 Å². The monoisotopic (exact) mass is 279 g/mol. The zero-order valence-corrected chi connectivity index (χ0v) is 12.4. The standard InChI is InChI=1S/C16H21NO.ClH/c1-3-17(4-2)12-16(18)15-10-9-13-7-5-6-8-14(13)11-15;/h5-11,16,18H,3-4,12H2,1-2H3;1H. The third kappa shape index (κ3) is 3.93. The largest absolute Gasteiger partial charge is 0.387 e. The SMILES string of the molecule is CCN(CC)CC(O)c1ccc2ccccc2c1.Cl. The topological polar surface area (TPSA) is 23.5 Å². The molecule has 1 N–H and O–H groups in total. The summed E-state index contributed by atoms with van der Waals surface area (Å²) in [6.07, 6.45) is -0.408. The van der Waals surface area contributed by atoms with Crippen molar-refractivity contribution in [3.05, 3.63) is 48.0 Å². The third-order valence-corrected chi connectivity index (χ3v) is 3.48. The van der Waals surface area contributed by atoms with E-state index in [1.807, 2.05) is 18.2 Å². The predicted octanol–water partition coefficient (Wildman–Crippen LogP) is 3.64. The molecule has 0 aliphatic heterocycles. The summed E-state index contributed by atoms with van der Waals surface area (Å²) >= 11 is 0. The molecular weight excluding hydrogens is 258 g/mol. The first-order valence-corrected chi connectivity index (χ1v) is 6.63. The van der Waals surface area contributed by atoms with Crippen LogP contribution in [0.4, 0.5) is 0 Å². The molecule has 19 heavy (non-hydrogen) atoms. The van der Waals surface area contributed by atoms with Gasteiger partial charge in [-0.25, -0.2) is 0 Å². The number of hydrogen-bond donors (Lipinski definition) is 1. The van der Waals surface area contributed by atoms with Gasteiger partial charge < -0.3 is 10.0 Å². The van der Waals surface area contributed by atoms with Crippen molar-refractivity contribution in [1.29, 1.82) is 0 Å². The van der Waals surface area contributed by atoms with Crippen LogP contribution in [0.15, 0.2) is 42.5 Å². The fraction of sp³-hybridized carbons (Fsp3) is 0.375. The van der Waals surface area contributed by atoms with E-state index in [0.29, 0.717) is 6.54 Å². The Morgan fingerprint density at radius 3 is 2.26 bits per heavy atom. The molecule has 0 spiro atoms. The van der Waals surface area contributed by atoms with Crippen molar-refractivity contribution in [3.63, 3.8) is 0 Å². The molecule has 0 heterocycles. The average Bonchev–Trinajstić information content (AvgIpc) is 2.44. The maximum Gasteiger partial charge on any atom is 0.0917 e. The minimum atomic E-state index is -0.408. The molecule has 0 aromatic heterocycles. The van der Waals surface area contributed by atoms with E-state index in [0.717, 1.165) is 18.7 Å². The van der Waals surface area contributed by atoms with E-state index in [4.69, 9.17) is 0 Å². The number of aliphatic hydroxyl groups excluding tert-OH is 1. The maximum atomic E-state index is 10.3. The van der Waals surface area contributed by atoms with Crippen LogP contribution >= 0.6 is 12.4 Å². The van der Waals surface area contributed by atoms with Crippen molar-refractivity contribution in [2.45, 2.75) is 20.0 Å². The molecule has 0 bridgehead atoms. The van der Waals surface area contributed by atoms with Gasteiger partial charge in [-0.05, 0) is 35.5 Å². The van der Waals surface area contributed by atoms with Gasteiger partial charge in [0.2, 0.25) is 0 Å². The maximum absolute atomic E-state index is 10.3. The Balaban J connectivity index is 0.00000180. The summed E-state index contributed by atoms with van der Waals surface area (Å²) in [4.78, 5) is 2.24. The average molecular weight is 280 g/mol. The number of aliphatic hydroxyl groups is 1. The lowest BCUT2D eigenvalue weighted by Crippen LogP contribution is -2.28. The number of rotatable bonds is 5. The Morgan fingerprint density at radius 1 is 1.00 bits per heavy atom. The van der Waals surface area contributed by atoms with E-state index < -0.39 is 6.10 Å². The van der Waals surface area contributed by atoms with Crippen LogP contribution in [0, 0.1) is 0 Å². The van der Waals surface area contributed by atoms with E-state index in [1.54, 1.807) is 0 Å². The Hall–Kier alpha value is -1.09. The molecule has 0 saturated carbocycles. The molecule has 3 heteroatoms. The van der Waals surface area contributed by atoms with Crippen LogP contribution in [-0.2, 0) is 0 Å². The molecule has 1 atom stereocenters. The predicted molar refractivity (Wildman–Crippen MR) is 83.9 cm³/mol. The van der Waals surface area contributed by atoms with Crippen LogP contribution in [0.3, 0.4) is 0 Å². The molecule has 104 valence electrons. The van der Waals surface area contributed by atoms with Crippen molar-refractivity contribution < 1.29 is 5.11 Å². The van der Waals surface area contributed by atoms with E-state index in [9.17, 15) is 5.11 Å². The lowest BCUT2D eigenvalue weighted by Gasteiger charge is -2.22. The Kier molecular flexibility index (Phi) is 6.29. The number of halogens is 1. The Bertz CT molecular complexity index is 511. The summed E-state index contributed by atoms with van der Waals surface area (Å²) in [6.45, 7) is 6.89. The zero-order chi connectivity index (χ0) is 13.0. The lowest BCUT2D eigenvalue weighted by atomic mass is 10.0. The molecule has 0 aliphatic rings. The van der Waals surface area contributed by atoms with Gasteiger partial charge in [-0.2, -0.15) is 0 Å². The van der Waals surface area contributed by atoms with Crippen molar-refractivity contribution in [2.75, 3.05) is 19.6 Å². The summed E-state index contributed by atoms with van der Waals surface area (Å²) in [7, 11) is 0. The summed E-state index contributed by atoms with van der Waals surface area (Å²) in [6, 6.07) is 14.4. The molecule has 2 aromatic carbocycles. The number of likely N-dealkylation sites (N-methyl/N-ethyl adjacent to an activating group) is 1. The van der Waals surface area contributed by atoms with Crippen LogP contribution in [0.25, 0.3) is 10.8 Å². The van der Waals surface area contributed by atoms with Gasteiger partial charge in [0.1, 0.15) is 0 Å². The first-order chi connectivity index (χ1) is 8.74. The normalized spacial score (nSPS) is 12.4. The van der Waals surface area contributed by atoms with Crippen LogP contribution < -0.4 is 0 Å². The third-order valence-electron chi connectivity index (χ3n) is 3.48. The Morgan fingerprint density at radius 2 is 1.63 bits per heavy atom. The van der Waals surface area contributed by atoms with E-state index in [1.165, 1.54) is 10.8 Å². The fourth-order valence-electron chi connectivity index (χ4n) is 2.25. The van der Waals surface area contributed by atoms with Gasteiger partial charge in [0.05, 0.1) is 6.10 Å². The second kappa shape index (κ2) is 7.49. The molecule has 2 rings (SSSR count). The zero-order valence-electron chi connectivity index (χ0n) is 11.5. The van der Waals surface area contributed by atoms with Crippen LogP contribution in [-0.4, -0.2) is 29.6 Å². The highest BCUT2D eigenvalue weighted by Crippen LogP contribution is 2.21. The summed E-state index contributed by atoms with van der Waals surface area (Å²) in [5.41, 5.74) is 1.00. The van der Waals surface area contributed by atoms with Crippen LogP contribution in [0.1, 0.15) is 25.5 Å². The molecule has 0 fully saturated rings. The minimum absolute atomic E-state index is 0. The highest BCUT2D eigenvalue weighted by Gasteiger charge is 2.11. The molecular formula is C16H22ClNO. The highest BCUT2D eigenvalue weighted by molar-refractivity contribution is 5.85.